The predicted octanol–water partition coefficient (Wildman–Crippen LogP) is 2.65. The average Bonchev–Trinajstić information content (AvgIpc) is 2.21. The molecule has 0 saturated heterocycles. The first-order valence-corrected chi connectivity index (χ1v) is 5.15. The van der Waals surface area contributed by atoms with Gasteiger partial charge in [0.15, 0.2) is 0 Å². The second-order valence-corrected chi connectivity index (χ2v) is 4.58. The van der Waals surface area contributed by atoms with Crippen LogP contribution in [0.1, 0.15) is 13.8 Å². The van der Waals surface area contributed by atoms with Gasteiger partial charge in [-0.3, -0.25) is 0 Å². The highest BCUT2D eigenvalue weighted by Crippen LogP contribution is 2.26. The molecule has 1 aromatic carbocycles. The van der Waals surface area contributed by atoms with E-state index < -0.39 is 5.82 Å². The SMILES string of the molecule is CN(c1ccc(F)c(Cl)c1)C(C)(C)CN. The molecule has 0 aliphatic carbocycles. The zero-order valence-electron chi connectivity index (χ0n) is 9.22. The molecule has 0 heterocycles. The Morgan fingerprint density at radius 2 is 2.07 bits per heavy atom. The Hall–Kier alpha value is -0.800. The van der Waals surface area contributed by atoms with Crippen LogP contribution in [-0.4, -0.2) is 19.1 Å². The van der Waals surface area contributed by atoms with Gasteiger partial charge in [-0.2, -0.15) is 0 Å². The largest absolute Gasteiger partial charge is 0.368 e. The molecule has 0 radical (unpaired) electrons. The van der Waals surface area contributed by atoms with Crippen molar-refractivity contribution < 1.29 is 4.39 Å². The summed E-state index contributed by atoms with van der Waals surface area (Å²) >= 11 is 5.72. The first kappa shape index (κ1) is 12.3. The Balaban J connectivity index is 3.02. The minimum atomic E-state index is -0.403. The number of hydrogen-bond acceptors (Lipinski definition) is 2. The number of anilines is 1. The molecule has 0 amide bonds. The summed E-state index contributed by atoms with van der Waals surface area (Å²) in [6.07, 6.45) is 0. The summed E-state index contributed by atoms with van der Waals surface area (Å²) < 4.78 is 13.0. The number of rotatable bonds is 3. The van der Waals surface area contributed by atoms with Gasteiger partial charge in [-0.25, -0.2) is 4.39 Å². The third-order valence-electron chi connectivity index (χ3n) is 2.70. The third kappa shape index (κ3) is 2.61. The molecule has 0 spiro atoms. The Morgan fingerprint density at radius 1 is 1.47 bits per heavy atom. The molecule has 0 fully saturated rings. The van der Waals surface area contributed by atoms with Crippen molar-refractivity contribution in [2.45, 2.75) is 19.4 Å². The van der Waals surface area contributed by atoms with E-state index in [0.717, 1.165) is 5.69 Å². The van der Waals surface area contributed by atoms with Crippen LogP contribution in [0.3, 0.4) is 0 Å². The molecular weight excluding hydrogens is 215 g/mol. The van der Waals surface area contributed by atoms with E-state index in [1.54, 1.807) is 12.1 Å². The van der Waals surface area contributed by atoms with Gasteiger partial charge in [0.1, 0.15) is 5.82 Å². The van der Waals surface area contributed by atoms with Gasteiger partial charge in [-0.1, -0.05) is 11.6 Å². The Morgan fingerprint density at radius 3 is 2.53 bits per heavy atom. The van der Waals surface area contributed by atoms with E-state index in [9.17, 15) is 4.39 Å². The van der Waals surface area contributed by atoms with E-state index in [1.807, 2.05) is 25.8 Å². The first-order valence-electron chi connectivity index (χ1n) is 4.77. The van der Waals surface area contributed by atoms with Gasteiger partial charge >= 0.3 is 0 Å². The molecule has 0 aliphatic heterocycles. The minimum absolute atomic E-state index is 0.132. The molecule has 84 valence electrons. The van der Waals surface area contributed by atoms with Crippen LogP contribution in [0, 0.1) is 5.82 Å². The van der Waals surface area contributed by atoms with E-state index in [-0.39, 0.29) is 10.6 Å². The van der Waals surface area contributed by atoms with Crippen molar-refractivity contribution in [3.63, 3.8) is 0 Å². The number of hydrogen-bond donors (Lipinski definition) is 1. The topological polar surface area (TPSA) is 29.3 Å². The van der Waals surface area contributed by atoms with Gasteiger partial charge < -0.3 is 10.6 Å². The molecule has 0 aromatic heterocycles. The van der Waals surface area contributed by atoms with E-state index in [1.165, 1.54) is 6.07 Å². The fourth-order valence-electron chi connectivity index (χ4n) is 1.18. The lowest BCUT2D eigenvalue weighted by atomic mass is 10.0. The highest BCUT2D eigenvalue weighted by atomic mass is 35.5. The Labute approximate surface area is 94.8 Å². The number of nitrogens with two attached hydrogens (primary N) is 1. The van der Waals surface area contributed by atoms with Crippen molar-refractivity contribution in [2.24, 2.45) is 5.73 Å². The van der Waals surface area contributed by atoms with Crippen molar-refractivity contribution in [2.75, 3.05) is 18.5 Å². The van der Waals surface area contributed by atoms with Gasteiger partial charge in [-0.05, 0) is 32.0 Å². The van der Waals surface area contributed by atoms with Crippen LogP contribution >= 0.6 is 11.6 Å². The van der Waals surface area contributed by atoms with Crippen LogP contribution in [-0.2, 0) is 0 Å². The number of nitrogens with zero attached hydrogens (tertiary/aromatic N) is 1. The molecule has 15 heavy (non-hydrogen) atoms. The highest BCUT2D eigenvalue weighted by molar-refractivity contribution is 6.31. The molecule has 0 aliphatic rings. The second kappa shape index (κ2) is 4.37. The van der Waals surface area contributed by atoms with E-state index >= 15 is 0 Å². The smallest absolute Gasteiger partial charge is 0.141 e. The van der Waals surface area contributed by atoms with E-state index in [0.29, 0.717) is 6.54 Å². The number of likely N-dealkylation sites (N-methyl/N-ethyl adjacent to an activating group) is 1. The molecule has 0 unspecified atom stereocenters. The maximum atomic E-state index is 13.0. The quantitative estimate of drug-likeness (QED) is 0.865. The van der Waals surface area contributed by atoms with Crippen LogP contribution in [0.15, 0.2) is 18.2 Å². The second-order valence-electron chi connectivity index (χ2n) is 4.17. The molecule has 4 heteroatoms. The van der Waals surface area contributed by atoms with Crippen LogP contribution in [0.4, 0.5) is 10.1 Å². The molecule has 1 rings (SSSR count). The summed E-state index contributed by atoms with van der Waals surface area (Å²) in [5.41, 5.74) is 6.34. The maximum absolute atomic E-state index is 13.0. The lowest BCUT2D eigenvalue weighted by Crippen LogP contribution is -2.47. The van der Waals surface area contributed by atoms with Crippen LogP contribution in [0.2, 0.25) is 5.02 Å². The van der Waals surface area contributed by atoms with Crippen molar-refractivity contribution in [1.82, 2.24) is 0 Å². The van der Waals surface area contributed by atoms with E-state index in [4.69, 9.17) is 17.3 Å². The van der Waals surface area contributed by atoms with Gasteiger partial charge in [0, 0.05) is 24.8 Å². The van der Waals surface area contributed by atoms with Crippen molar-refractivity contribution in [1.29, 1.82) is 0 Å². The van der Waals surface area contributed by atoms with Crippen molar-refractivity contribution in [3.05, 3.63) is 29.0 Å². The minimum Gasteiger partial charge on any atom is -0.368 e. The van der Waals surface area contributed by atoms with Crippen LogP contribution < -0.4 is 10.6 Å². The Bertz CT molecular complexity index is 352. The Kier molecular flexibility index (Phi) is 3.58. The summed E-state index contributed by atoms with van der Waals surface area (Å²) in [7, 11) is 1.91. The molecule has 1 aromatic rings. The third-order valence-corrected chi connectivity index (χ3v) is 2.99. The molecule has 0 saturated carbocycles. The first-order chi connectivity index (χ1) is 6.88. The summed E-state index contributed by atoms with van der Waals surface area (Å²) in [6.45, 7) is 4.55. The zero-order chi connectivity index (χ0) is 11.6. The summed E-state index contributed by atoms with van der Waals surface area (Å²) in [4.78, 5) is 1.98. The lowest BCUT2D eigenvalue weighted by molar-refractivity contribution is 0.498. The number of halogens is 2. The van der Waals surface area contributed by atoms with Gasteiger partial charge in [0.2, 0.25) is 0 Å². The summed E-state index contributed by atoms with van der Waals surface area (Å²) in [6, 6.07) is 4.66. The fourth-order valence-corrected chi connectivity index (χ4v) is 1.35. The predicted molar refractivity (Wildman–Crippen MR) is 62.9 cm³/mol. The summed E-state index contributed by atoms with van der Waals surface area (Å²) in [5, 5.41) is 0.132. The van der Waals surface area contributed by atoms with Crippen LogP contribution in [0.25, 0.3) is 0 Å². The maximum Gasteiger partial charge on any atom is 0.141 e. The highest BCUT2D eigenvalue weighted by Gasteiger charge is 2.22. The molecule has 0 bridgehead atoms. The standard InChI is InChI=1S/C11H16ClFN2/c1-11(2,7-14)15(3)8-4-5-10(13)9(12)6-8/h4-6H,7,14H2,1-3H3. The fraction of sp³-hybridized carbons (Fsp3) is 0.455. The van der Waals surface area contributed by atoms with Gasteiger partial charge in [0.25, 0.3) is 0 Å². The monoisotopic (exact) mass is 230 g/mol. The van der Waals surface area contributed by atoms with Crippen molar-refractivity contribution >= 4 is 17.3 Å². The van der Waals surface area contributed by atoms with Crippen LogP contribution in [0.5, 0.6) is 0 Å². The van der Waals surface area contributed by atoms with Crippen molar-refractivity contribution in [3.8, 4) is 0 Å². The summed E-state index contributed by atoms with van der Waals surface area (Å²) in [5.74, 6) is -0.403. The molecule has 2 N–H and O–H groups in total. The molecular formula is C11H16ClFN2. The zero-order valence-corrected chi connectivity index (χ0v) is 9.98. The number of benzene rings is 1. The molecule has 0 atom stereocenters. The lowest BCUT2D eigenvalue weighted by Gasteiger charge is -2.36. The van der Waals surface area contributed by atoms with Gasteiger partial charge in [0.05, 0.1) is 5.02 Å². The average molecular weight is 231 g/mol. The normalized spacial score (nSPS) is 11.6. The molecule has 2 nitrogen and oxygen atoms in total. The van der Waals surface area contributed by atoms with Gasteiger partial charge in [-0.15, -0.1) is 0 Å². The van der Waals surface area contributed by atoms with E-state index in [2.05, 4.69) is 0 Å².